The molecule has 2 aromatic carbocycles. The maximum atomic E-state index is 13.4. The van der Waals surface area contributed by atoms with Crippen LogP contribution in [0.25, 0.3) is 0 Å². The minimum atomic E-state index is -0.620. The van der Waals surface area contributed by atoms with Gasteiger partial charge in [-0.05, 0) is 42.8 Å². The van der Waals surface area contributed by atoms with Crippen molar-refractivity contribution in [3.05, 3.63) is 63.9 Å². The summed E-state index contributed by atoms with van der Waals surface area (Å²) in [6.45, 7) is 1.96. The molecule has 0 aromatic heterocycles. The second-order valence-electron chi connectivity index (χ2n) is 5.10. The third kappa shape index (κ3) is 2.51. The Bertz CT molecular complexity index is 637. The first-order valence-electron chi connectivity index (χ1n) is 6.44. The van der Waals surface area contributed by atoms with Gasteiger partial charge in [-0.15, -0.1) is 0 Å². The van der Waals surface area contributed by atoms with Crippen molar-refractivity contribution in [1.29, 1.82) is 0 Å². The number of benzene rings is 2. The third-order valence-electron chi connectivity index (χ3n) is 3.49. The Morgan fingerprint density at radius 1 is 1.25 bits per heavy atom. The first kappa shape index (κ1) is 13.4. The van der Waals surface area contributed by atoms with E-state index in [1.54, 1.807) is 6.07 Å². The second-order valence-corrected chi connectivity index (χ2v) is 5.54. The summed E-state index contributed by atoms with van der Waals surface area (Å²) in [4.78, 5) is 0. The summed E-state index contributed by atoms with van der Waals surface area (Å²) in [5.74, 6) is 0.236. The molecular formula is C16H14ClFO2. The lowest BCUT2D eigenvalue weighted by molar-refractivity contribution is 0.0655. The van der Waals surface area contributed by atoms with Gasteiger partial charge in [0.25, 0.3) is 0 Å². The second kappa shape index (κ2) is 5.08. The van der Waals surface area contributed by atoms with Gasteiger partial charge in [-0.2, -0.15) is 0 Å². The average molecular weight is 293 g/mol. The van der Waals surface area contributed by atoms with Crippen molar-refractivity contribution in [3.8, 4) is 5.75 Å². The molecule has 0 aliphatic carbocycles. The lowest BCUT2D eigenvalue weighted by atomic mass is 9.94. The van der Waals surface area contributed by atoms with Crippen molar-refractivity contribution < 1.29 is 14.2 Å². The minimum absolute atomic E-state index is 0.327. The lowest BCUT2D eigenvalue weighted by Crippen LogP contribution is -2.19. The van der Waals surface area contributed by atoms with Gasteiger partial charge in [0.05, 0.1) is 6.10 Å². The molecule has 4 heteroatoms. The highest BCUT2D eigenvalue weighted by Crippen LogP contribution is 2.41. The van der Waals surface area contributed by atoms with Gasteiger partial charge in [0.2, 0.25) is 0 Å². The van der Waals surface area contributed by atoms with Crippen LogP contribution in [-0.4, -0.2) is 5.11 Å². The summed E-state index contributed by atoms with van der Waals surface area (Å²) >= 11 is 5.87. The number of hydrogen-bond donors (Lipinski definition) is 1. The molecule has 1 heterocycles. The van der Waals surface area contributed by atoms with Crippen molar-refractivity contribution in [3.63, 3.8) is 0 Å². The van der Waals surface area contributed by atoms with Gasteiger partial charge in [-0.25, -0.2) is 4.39 Å². The Labute approximate surface area is 121 Å². The Balaban J connectivity index is 1.96. The summed E-state index contributed by atoms with van der Waals surface area (Å²) in [5.41, 5.74) is 2.49. The molecule has 0 spiro atoms. The van der Waals surface area contributed by atoms with Crippen LogP contribution in [0.15, 0.2) is 36.4 Å². The van der Waals surface area contributed by atoms with Crippen LogP contribution in [0.3, 0.4) is 0 Å². The maximum absolute atomic E-state index is 13.4. The summed E-state index contributed by atoms with van der Waals surface area (Å²) in [7, 11) is 0. The zero-order valence-corrected chi connectivity index (χ0v) is 11.7. The molecule has 2 atom stereocenters. The van der Waals surface area contributed by atoms with E-state index >= 15 is 0 Å². The van der Waals surface area contributed by atoms with Gasteiger partial charge < -0.3 is 9.84 Å². The Morgan fingerprint density at radius 2 is 2.05 bits per heavy atom. The van der Waals surface area contributed by atoms with Crippen molar-refractivity contribution in [2.75, 3.05) is 0 Å². The molecule has 1 aliphatic rings. The molecule has 1 N–H and O–H groups in total. The molecule has 0 radical (unpaired) electrons. The normalized spacial score (nSPS) is 21.2. The monoisotopic (exact) mass is 292 g/mol. The molecule has 0 saturated carbocycles. The maximum Gasteiger partial charge on any atom is 0.127 e. The smallest absolute Gasteiger partial charge is 0.127 e. The molecule has 0 amide bonds. The fourth-order valence-electron chi connectivity index (χ4n) is 2.53. The van der Waals surface area contributed by atoms with E-state index in [1.807, 2.05) is 25.1 Å². The van der Waals surface area contributed by atoms with Crippen LogP contribution in [0.4, 0.5) is 4.39 Å². The van der Waals surface area contributed by atoms with Gasteiger partial charge in [-0.3, -0.25) is 0 Å². The standard InChI is InChI=1S/C16H14ClFO2/c1-9-2-3-15-13(4-9)14(19)8-16(20-15)10-5-11(17)7-12(18)6-10/h2-7,14,16,19H,8H2,1H3/t14-,16?/m0/s1. The molecule has 0 fully saturated rings. The largest absolute Gasteiger partial charge is 0.485 e. The number of halogens is 2. The van der Waals surface area contributed by atoms with Crippen LogP contribution < -0.4 is 4.74 Å². The van der Waals surface area contributed by atoms with Gasteiger partial charge in [0.15, 0.2) is 0 Å². The molecule has 2 nitrogen and oxygen atoms in total. The van der Waals surface area contributed by atoms with E-state index in [2.05, 4.69) is 0 Å². The number of hydrogen-bond acceptors (Lipinski definition) is 2. The van der Waals surface area contributed by atoms with E-state index in [0.29, 0.717) is 22.8 Å². The predicted molar refractivity (Wildman–Crippen MR) is 75.5 cm³/mol. The van der Waals surface area contributed by atoms with E-state index in [4.69, 9.17) is 16.3 Å². The van der Waals surface area contributed by atoms with Crippen LogP contribution in [0.2, 0.25) is 5.02 Å². The molecule has 0 saturated heterocycles. The van der Waals surface area contributed by atoms with Crippen LogP contribution in [0, 0.1) is 12.7 Å². The highest BCUT2D eigenvalue weighted by molar-refractivity contribution is 6.30. The Hall–Kier alpha value is -1.58. The molecular weight excluding hydrogens is 279 g/mol. The minimum Gasteiger partial charge on any atom is -0.485 e. The molecule has 1 unspecified atom stereocenters. The Morgan fingerprint density at radius 3 is 2.80 bits per heavy atom. The summed E-state index contributed by atoms with van der Waals surface area (Å²) in [5, 5.41) is 10.6. The summed E-state index contributed by atoms with van der Waals surface area (Å²) in [6.07, 6.45) is -0.630. The topological polar surface area (TPSA) is 29.5 Å². The Kier molecular flexibility index (Phi) is 3.40. The fraction of sp³-hybridized carbons (Fsp3) is 0.250. The van der Waals surface area contributed by atoms with Crippen LogP contribution in [0.5, 0.6) is 5.75 Å². The third-order valence-corrected chi connectivity index (χ3v) is 3.71. The molecule has 20 heavy (non-hydrogen) atoms. The molecule has 1 aliphatic heterocycles. The number of aryl methyl sites for hydroxylation is 1. The zero-order valence-electron chi connectivity index (χ0n) is 10.9. The van der Waals surface area contributed by atoms with E-state index < -0.39 is 18.0 Å². The first-order chi connectivity index (χ1) is 9.52. The van der Waals surface area contributed by atoms with E-state index in [9.17, 15) is 9.50 Å². The van der Waals surface area contributed by atoms with Gasteiger partial charge >= 0.3 is 0 Å². The lowest BCUT2D eigenvalue weighted by Gasteiger charge is -2.30. The highest BCUT2D eigenvalue weighted by atomic mass is 35.5. The SMILES string of the molecule is Cc1ccc2c(c1)[C@@H](O)CC(c1cc(F)cc(Cl)c1)O2. The van der Waals surface area contributed by atoms with Crippen molar-refractivity contribution in [2.45, 2.75) is 25.6 Å². The van der Waals surface area contributed by atoms with Gasteiger partial charge in [0, 0.05) is 17.0 Å². The van der Waals surface area contributed by atoms with Crippen LogP contribution >= 0.6 is 11.6 Å². The van der Waals surface area contributed by atoms with E-state index in [1.165, 1.54) is 12.1 Å². The van der Waals surface area contributed by atoms with Gasteiger partial charge in [-0.1, -0.05) is 23.2 Å². The summed E-state index contributed by atoms with van der Waals surface area (Å²) < 4.78 is 19.3. The van der Waals surface area contributed by atoms with E-state index in [0.717, 1.165) is 11.1 Å². The molecule has 2 aromatic rings. The number of aliphatic hydroxyl groups is 1. The molecule has 0 bridgehead atoms. The van der Waals surface area contributed by atoms with Crippen molar-refractivity contribution in [1.82, 2.24) is 0 Å². The molecule has 3 rings (SSSR count). The number of fused-ring (bicyclic) bond motifs is 1. The van der Waals surface area contributed by atoms with Crippen LogP contribution in [0.1, 0.15) is 35.3 Å². The number of aliphatic hydroxyl groups excluding tert-OH is 1. The van der Waals surface area contributed by atoms with Crippen molar-refractivity contribution in [2.24, 2.45) is 0 Å². The number of rotatable bonds is 1. The first-order valence-corrected chi connectivity index (χ1v) is 6.82. The number of ether oxygens (including phenoxy) is 1. The quantitative estimate of drug-likeness (QED) is 0.847. The van der Waals surface area contributed by atoms with Crippen LogP contribution in [-0.2, 0) is 0 Å². The van der Waals surface area contributed by atoms with Crippen molar-refractivity contribution >= 4 is 11.6 Å². The zero-order chi connectivity index (χ0) is 14.3. The van der Waals surface area contributed by atoms with Gasteiger partial charge in [0.1, 0.15) is 17.7 Å². The molecule has 104 valence electrons. The predicted octanol–water partition coefficient (Wildman–Crippen LogP) is 4.34. The summed E-state index contributed by atoms with van der Waals surface area (Å²) in [6, 6.07) is 9.98. The highest BCUT2D eigenvalue weighted by Gasteiger charge is 2.28. The van der Waals surface area contributed by atoms with E-state index in [-0.39, 0.29) is 0 Å². The fourth-order valence-corrected chi connectivity index (χ4v) is 2.76. The average Bonchev–Trinajstić information content (AvgIpc) is 2.38.